The summed E-state index contributed by atoms with van der Waals surface area (Å²) in [6.07, 6.45) is 3.88. The normalized spacial score (nSPS) is 11.7. The summed E-state index contributed by atoms with van der Waals surface area (Å²) in [6.45, 7) is -0.0673. The molecule has 0 spiro atoms. The van der Waals surface area contributed by atoms with Crippen molar-refractivity contribution in [3.63, 3.8) is 0 Å². The van der Waals surface area contributed by atoms with E-state index in [0.29, 0.717) is 10.6 Å². The second-order valence-electron chi connectivity index (χ2n) is 2.75. The number of ether oxygens (including phenoxy) is 1. The molecule has 0 aliphatic heterocycles. The zero-order valence-electron chi connectivity index (χ0n) is 7.81. The molecule has 1 aromatic rings. The zero-order valence-corrected chi connectivity index (χ0v) is 8.57. The van der Waals surface area contributed by atoms with E-state index in [1.54, 1.807) is 24.3 Å². The zero-order chi connectivity index (χ0) is 11.3. The van der Waals surface area contributed by atoms with Crippen molar-refractivity contribution in [2.45, 2.75) is 6.10 Å². The molecular weight excluding hydrogens is 216 g/mol. The molecule has 0 aromatic heterocycles. The van der Waals surface area contributed by atoms with Crippen LogP contribution in [0.15, 0.2) is 24.3 Å². The third-order valence-corrected chi connectivity index (χ3v) is 2.09. The van der Waals surface area contributed by atoms with E-state index in [0.717, 1.165) is 0 Å². The van der Waals surface area contributed by atoms with E-state index in [4.69, 9.17) is 27.9 Å². The van der Waals surface area contributed by atoms with Crippen molar-refractivity contribution in [1.29, 1.82) is 0 Å². The van der Waals surface area contributed by atoms with Gasteiger partial charge in [0.15, 0.2) is 6.10 Å². The smallest absolute Gasteiger partial charge is 0.337 e. The maximum atomic E-state index is 10.9. The van der Waals surface area contributed by atoms with Crippen molar-refractivity contribution >= 4 is 17.6 Å². The van der Waals surface area contributed by atoms with Crippen LogP contribution in [0.1, 0.15) is 11.7 Å². The van der Waals surface area contributed by atoms with Gasteiger partial charge in [-0.15, -0.1) is 6.42 Å². The Morgan fingerprint density at radius 2 is 2.27 bits per heavy atom. The van der Waals surface area contributed by atoms with E-state index in [9.17, 15) is 4.79 Å². The van der Waals surface area contributed by atoms with Gasteiger partial charge in [0.05, 0.1) is 0 Å². The van der Waals surface area contributed by atoms with Gasteiger partial charge >= 0.3 is 5.97 Å². The Kier molecular flexibility index (Phi) is 4.17. The van der Waals surface area contributed by atoms with Crippen LogP contribution in [-0.2, 0) is 9.53 Å². The molecule has 1 unspecified atom stereocenters. The fourth-order valence-corrected chi connectivity index (χ4v) is 1.35. The van der Waals surface area contributed by atoms with E-state index in [-0.39, 0.29) is 6.61 Å². The number of terminal acetylenes is 1. The Morgan fingerprint density at radius 3 is 2.80 bits per heavy atom. The first-order valence-electron chi connectivity index (χ1n) is 4.19. The first-order chi connectivity index (χ1) is 7.16. The molecule has 1 atom stereocenters. The van der Waals surface area contributed by atoms with Crippen LogP contribution in [0.4, 0.5) is 0 Å². The molecule has 1 N–H and O–H groups in total. The predicted octanol–water partition coefficient (Wildman–Crippen LogP) is 2.12. The molecule has 4 heteroatoms. The quantitative estimate of drug-likeness (QED) is 0.797. The van der Waals surface area contributed by atoms with Crippen LogP contribution in [0.25, 0.3) is 0 Å². The van der Waals surface area contributed by atoms with Crippen LogP contribution in [0, 0.1) is 12.3 Å². The van der Waals surface area contributed by atoms with Gasteiger partial charge in [-0.25, -0.2) is 4.79 Å². The SMILES string of the molecule is C#CCOC(C(=O)O)c1ccccc1Cl. The summed E-state index contributed by atoms with van der Waals surface area (Å²) in [5.41, 5.74) is 0.405. The first-order valence-corrected chi connectivity index (χ1v) is 4.57. The van der Waals surface area contributed by atoms with Crippen LogP contribution < -0.4 is 0 Å². The maximum absolute atomic E-state index is 10.9. The van der Waals surface area contributed by atoms with Gasteiger partial charge in [0.25, 0.3) is 0 Å². The Hall–Kier alpha value is -1.50. The minimum absolute atomic E-state index is 0.0673. The molecule has 15 heavy (non-hydrogen) atoms. The van der Waals surface area contributed by atoms with Crippen molar-refractivity contribution in [3.05, 3.63) is 34.9 Å². The van der Waals surface area contributed by atoms with E-state index >= 15 is 0 Å². The minimum Gasteiger partial charge on any atom is -0.479 e. The van der Waals surface area contributed by atoms with Gasteiger partial charge in [-0.1, -0.05) is 35.7 Å². The van der Waals surface area contributed by atoms with Crippen LogP contribution in [-0.4, -0.2) is 17.7 Å². The summed E-state index contributed by atoms with van der Waals surface area (Å²) >= 11 is 5.85. The van der Waals surface area contributed by atoms with Gasteiger partial charge in [-0.3, -0.25) is 0 Å². The predicted molar refractivity (Wildman–Crippen MR) is 56.6 cm³/mol. The molecule has 0 aliphatic carbocycles. The highest BCUT2D eigenvalue weighted by Crippen LogP contribution is 2.25. The lowest BCUT2D eigenvalue weighted by Gasteiger charge is -2.13. The maximum Gasteiger partial charge on any atom is 0.337 e. The average Bonchev–Trinajstić information content (AvgIpc) is 2.20. The van der Waals surface area contributed by atoms with Crippen molar-refractivity contribution < 1.29 is 14.6 Å². The number of carbonyl (C=O) groups is 1. The van der Waals surface area contributed by atoms with Crippen molar-refractivity contribution in [3.8, 4) is 12.3 Å². The van der Waals surface area contributed by atoms with Gasteiger partial charge in [-0.2, -0.15) is 0 Å². The van der Waals surface area contributed by atoms with Gasteiger partial charge in [-0.05, 0) is 6.07 Å². The van der Waals surface area contributed by atoms with Crippen molar-refractivity contribution in [1.82, 2.24) is 0 Å². The van der Waals surface area contributed by atoms with Crippen molar-refractivity contribution in [2.24, 2.45) is 0 Å². The molecule has 0 amide bonds. The number of hydrogen-bond acceptors (Lipinski definition) is 2. The van der Waals surface area contributed by atoms with Gasteiger partial charge in [0.1, 0.15) is 6.61 Å². The highest BCUT2D eigenvalue weighted by atomic mass is 35.5. The number of carboxylic acid groups (broad SMARTS) is 1. The summed E-state index contributed by atoms with van der Waals surface area (Å²) in [7, 11) is 0. The largest absolute Gasteiger partial charge is 0.479 e. The first kappa shape index (κ1) is 11.6. The molecule has 1 aromatic carbocycles. The fourth-order valence-electron chi connectivity index (χ4n) is 1.11. The molecule has 0 radical (unpaired) electrons. The van der Waals surface area contributed by atoms with Crippen LogP contribution in [0.5, 0.6) is 0 Å². The molecule has 78 valence electrons. The fraction of sp³-hybridized carbons (Fsp3) is 0.182. The third kappa shape index (κ3) is 2.98. The molecule has 0 saturated heterocycles. The van der Waals surface area contributed by atoms with Gasteiger partial charge in [0.2, 0.25) is 0 Å². The summed E-state index contributed by atoms with van der Waals surface area (Å²) in [4.78, 5) is 10.9. The number of hydrogen-bond donors (Lipinski definition) is 1. The Bertz CT molecular complexity index is 395. The van der Waals surface area contributed by atoms with Crippen LogP contribution >= 0.6 is 11.6 Å². The number of halogens is 1. The summed E-state index contributed by atoms with van der Waals surface area (Å²) in [5, 5.41) is 9.27. The second kappa shape index (κ2) is 5.40. The molecule has 0 saturated carbocycles. The van der Waals surface area contributed by atoms with Gasteiger partial charge in [0, 0.05) is 10.6 Å². The Balaban J connectivity index is 2.95. The number of carboxylic acids is 1. The topological polar surface area (TPSA) is 46.5 Å². The van der Waals surface area contributed by atoms with Gasteiger partial charge < -0.3 is 9.84 Å². The number of rotatable bonds is 4. The lowest BCUT2D eigenvalue weighted by atomic mass is 10.1. The summed E-state index contributed by atoms with van der Waals surface area (Å²) in [5.74, 6) is 1.10. The minimum atomic E-state index is -1.12. The number of benzene rings is 1. The third-order valence-electron chi connectivity index (χ3n) is 1.75. The molecule has 0 aliphatic rings. The van der Waals surface area contributed by atoms with E-state index in [1.807, 2.05) is 0 Å². The lowest BCUT2D eigenvalue weighted by molar-refractivity contribution is -0.149. The molecule has 0 bridgehead atoms. The lowest BCUT2D eigenvalue weighted by Crippen LogP contribution is -2.16. The second-order valence-corrected chi connectivity index (χ2v) is 3.16. The Labute approximate surface area is 92.6 Å². The highest BCUT2D eigenvalue weighted by Gasteiger charge is 2.22. The molecular formula is C11H9ClO3. The monoisotopic (exact) mass is 224 g/mol. The molecule has 1 rings (SSSR count). The van der Waals surface area contributed by atoms with Crippen LogP contribution in [0.3, 0.4) is 0 Å². The average molecular weight is 225 g/mol. The van der Waals surface area contributed by atoms with E-state index in [2.05, 4.69) is 5.92 Å². The van der Waals surface area contributed by atoms with E-state index < -0.39 is 12.1 Å². The molecule has 3 nitrogen and oxygen atoms in total. The van der Waals surface area contributed by atoms with E-state index in [1.165, 1.54) is 0 Å². The van der Waals surface area contributed by atoms with Crippen molar-refractivity contribution in [2.75, 3.05) is 6.61 Å². The van der Waals surface area contributed by atoms with Crippen LogP contribution in [0.2, 0.25) is 5.02 Å². The standard InChI is InChI=1S/C11H9ClO3/c1-2-7-15-10(11(13)14)8-5-3-4-6-9(8)12/h1,3-6,10H,7H2,(H,13,14). The molecule has 0 heterocycles. The summed E-state index contributed by atoms with van der Waals surface area (Å²) in [6, 6.07) is 6.60. The summed E-state index contributed by atoms with van der Waals surface area (Å²) < 4.78 is 5.00. The number of aliphatic carboxylic acids is 1. The highest BCUT2D eigenvalue weighted by molar-refractivity contribution is 6.31. The Morgan fingerprint density at radius 1 is 1.60 bits per heavy atom. The molecule has 0 fully saturated rings.